The molecule has 6 rings (SSSR count). The number of benzene rings is 2. The minimum atomic E-state index is -3.84. The van der Waals surface area contributed by atoms with E-state index in [4.69, 9.17) is 11.6 Å². The molecule has 2 aromatic heterocycles. The van der Waals surface area contributed by atoms with Gasteiger partial charge < -0.3 is 4.98 Å². The maximum absolute atomic E-state index is 13.4. The smallest absolute Gasteiger partial charge is 0.281 e. The van der Waals surface area contributed by atoms with Crippen LogP contribution in [0.4, 0.5) is 0 Å². The molecule has 2 aliphatic rings. The molecule has 1 aliphatic heterocycles. The second-order valence-electron chi connectivity index (χ2n) is 11.1. The van der Waals surface area contributed by atoms with Crippen molar-refractivity contribution in [3.05, 3.63) is 75.3 Å². The summed E-state index contributed by atoms with van der Waals surface area (Å²) in [6.07, 6.45) is 5.61. The zero-order valence-electron chi connectivity index (χ0n) is 23.3. The number of nitrogens with one attached hydrogen (secondary N) is 2. The summed E-state index contributed by atoms with van der Waals surface area (Å²) in [5.41, 5.74) is 0.958. The number of rotatable bonds is 8. The van der Waals surface area contributed by atoms with Crippen LogP contribution >= 0.6 is 11.6 Å². The van der Waals surface area contributed by atoms with Crippen molar-refractivity contribution in [3.8, 4) is 0 Å². The highest BCUT2D eigenvalue weighted by atomic mass is 35.5. The molecule has 12 nitrogen and oxygen atoms in total. The predicted octanol–water partition coefficient (Wildman–Crippen LogP) is 3.40. The lowest BCUT2D eigenvalue weighted by molar-refractivity contribution is 0.313. The van der Waals surface area contributed by atoms with Gasteiger partial charge in [0.25, 0.3) is 5.56 Å². The van der Waals surface area contributed by atoms with E-state index in [9.17, 15) is 21.6 Å². The number of hydrogen-bond acceptors (Lipinski definition) is 8. The van der Waals surface area contributed by atoms with Gasteiger partial charge in [0.2, 0.25) is 20.0 Å². The normalized spacial score (nSPS) is 17.9. The van der Waals surface area contributed by atoms with Gasteiger partial charge in [-0.05, 0) is 67.6 Å². The molecular weight excluding hydrogens is 614 g/mol. The van der Waals surface area contributed by atoms with Gasteiger partial charge in [0.1, 0.15) is 5.82 Å². The Morgan fingerprint density at radius 2 is 1.63 bits per heavy atom. The monoisotopic (exact) mass is 645 g/mol. The molecule has 1 saturated heterocycles. The zero-order valence-corrected chi connectivity index (χ0v) is 25.7. The number of piperidine rings is 1. The third-order valence-corrected chi connectivity index (χ3v) is 11.8. The summed E-state index contributed by atoms with van der Waals surface area (Å²) in [6.45, 7) is 0.774. The van der Waals surface area contributed by atoms with Gasteiger partial charge in [0.15, 0.2) is 11.2 Å². The maximum Gasteiger partial charge on any atom is 0.281 e. The molecule has 1 saturated carbocycles. The van der Waals surface area contributed by atoms with E-state index in [2.05, 4.69) is 25.0 Å². The van der Waals surface area contributed by atoms with Crippen molar-refractivity contribution < 1.29 is 16.8 Å². The first-order valence-corrected chi connectivity index (χ1v) is 17.6. The van der Waals surface area contributed by atoms with Crippen molar-refractivity contribution in [1.82, 2.24) is 34.0 Å². The van der Waals surface area contributed by atoms with Crippen molar-refractivity contribution in [2.24, 2.45) is 0 Å². The van der Waals surface area contributed by atoms with Crippen LogP contribution < -0.4 is 10.3 Å². The van der Waals surface area contributed by atoms with Gasteiger partial charge in [-0.3, -0.25) is 4.79 Å². The van der Waals surface area contributed by atoms with Crippen molar-refractivity contribution in [3.63, 3.8) is 0 Å². The number of aromatic nitrogens is 5. The molecule has 1 aliphatic carbocycles. The van der Waals surface area contributed by atoms with Gasteiger partial charge in [0, 0.05) is 30.1 Å². The fourth-order valence-corrected chi connectivity index (χ4v) is 8.80. The van der Waals surface area contributed by atoms with Gasteiger partial charge >= 0.3 is 0 Å². The van der Waals surface area contributed by atoms with E-state index in [1.165, 1.54) is 28.6 Å². The van der Waals surface area contributed by atoms with Gasteiger partial charge in [-0.15, -0.1) is 5.10 Å². The first-order valence-electron chi connectivity index (χ1n) is 14.3. The Labute approximate surface area is 254 Å². The van der Waals surface area contributed by atoms with Crippen LogP contribution in [0.25, 0.3) is 11.2 Å². The van der Waals surface area contributed by atoms with Crippen LogP contribution in [0.3, 0.4) is 0 Å². The Morgan fingerprint density at radius 1 is 0.930 bits per heavy atom. The second-order valence-corrected chi connectivity index (χ2v) is 15.2. The minimum absolute atomic E-state index is 0.0338. The van der Waals surface area contributed by atoms with Crippen molar-refractivity contribution in [1.29, 1.82) is 0 Å². The molecule has 2 aromatic carbocycles. The van der Waals surface area contributed by atoms with E-state index in [1.54, 1.807) is 16.8 Å². The topological polar surface area (TPSA) is 160 Å². The molecule has 0 atom stereocenters. The molecule has 3 heterocycles. The number of hydrogen-bond donors (Lipinski definition) is 2. The first-order chi connectivity index (χ1) is 20.6. The zero-order chi connectivity index (χ0) is 30.2. The molecule has 0 amide bonds. The molecule has 15 heteroatoms. The van der Waals surface area contributed by atoms with E-state index in [0.29, 0.717) is 35.9 Å². The Kier molecular flexibility index (Phi) is 8.39. The lowest BCUT2D eigenvalue weighted by atomic mass is 9.96. The van der Waals surface area contributed by atoms with E-state index in [1.807, 2.05) is 12.1 Å². The summed E-state index contributed by atoms with van der Waals surface area (Å²) in [4.78, 5) is 20.4. The highest BCUT2D eigenvalue weighted by molar-refractivity contribution is 7.89. The third kappa shape index (κ3) is 6.38. The van der Waals surface area contributed by atoms with Crippen LogP contribution in [0, 0.1) is 0 Å². The molecule has 0 radical (unpaired) electrons. The summed E-state index contributed by atoms with van der Waals surface area (Å²) < 4.78 is 58.2. The number of nitrogens with zero attached hydrogens (tertiary/aromatic N) is 5. The van der Waals surface area contributed by atoms with Crippen LogP contribution in [0.15, 0.2) is 63.1 Å². The van der Waals surface area contributed by atoms with E-state index >= 15 is 0 Å². The summed E-state index contributed by atoms with van der Waals surface area (Å²) >= 11 is 6.11. The quantitative estimate of drug-likeness (QED) is 0.295. The highest BCUT2D eigenvalue weighted by Crippen LogP contribution is 2.30. The SMILES string of the molecule is O=c1[nH]c(C2CCN(S(=O)(=O)c3ccc(S(=O)(=O)NC4CCCCC4)cc3)CC2)nc2c1nnn2Cc1cccc(Cl)c1. The van der Waals surface area contributed by atoms with Gasteiger partial charge in [-0.2, -0.15) is 4.31 Å². The van der Waals surface area contributed by atoms with Gasteiger partial charge in [-0.1, -0.05) is 48.2 Å². The van der Waals surface area contributed by atoms with Gasteiger partial charge in [-0.25, -0.2) is 31.2 Å². The standard InChI is InChI=1S/C28H32ClN7O5S2/c29-21-6-4-5-19(17-21)18-36-27-25(32-34-36)28(37)31-26(30-27)20-13-15-35(16-14-20)43(40,41)24-11-9-23(10-12-24)42(38,39)33-22-7-2-1-3-8-22/h4-6,9-12,17,20,22,33H,1-3,7-8,13-16,18H2,(H,30,31,37). The Hall–Kier alpha value is -3.17. The lowest BCUT2D eigenvalue weighted by Gasteiger charge is -2.30. The van der Waals surface area contributed by atoms with Crippen LogP contribution in [0.2, 0.25) is 5.02 Å². The number of sulfonamides is 2. The molecule has 2 N–H and O–H groups in total. The first kappa shape index (κ1) is 29.9. The molecule has 2 fully saturated rings. The Morgan fingerprint density at radius 3 is 2.33 bits per heavy atom. The van der Waals surface area contributed by atoms with E-state index < -0.39 is 25.6 Å². The second kappa shape index (κ2) is 12.1. The van der Waals surface area contributed by atoms with Crippen molar-refractivity contribution in [2.75, 3.05) is 13.1 Å². The Balaban J connectivity index is 1.14. The number of fused-ring (bicyclic) bond motifs is 1. The van der Waals surface area contributed by atoms with Crippen LogP contribution in [-0.4, -0.2) is 65.2 Å². The fraction of sp³-hybridized carbons (Fsp3) is 0.429. The Bertz CT molecular complexity index is 1900. The number of aromatic amines is 1. The lowest BCUT2D eigenvalue weighted by Crippen LogP contribution is -2.38. The molecule has 43 heavy (non-hydrogen) atoms. The summed E-state index contributed by atoms with van der Waals surface area (Å²) in [6, 6.07) is 12.6. The fourth-order valence-electron chi connectivity index (χ4n) is 5.81. The maximum atomic E-state index is 13.4. The third-order valence-electron chi connectivity index (χ3n) is 8.15. The molecular formula is C28H32ClN7O5S2. The molecule has 0 bridgehead atoms. The van der Waals surface area contributed by atoms with E-state index in [-0.39, 0.29) is 40.4 Å². The molecule has 4 aromatic rings. The summed E-state index contributed by atoms with van der Waals surface area (Å²) in [5.74, 6) is 0.292. The average Bonchev–Trinajstić information content (AvgIpc) is 3.40. The molecule has 228 valence electrons. The molecule has 0 unspecified atom stereocenters. The minimum Gasteiger partial charge on any atom is -0.308 e. The average molecular weight is 646 g/mol. The van der Waals surface area contributed by atoms with Crippen LogP contribution in [0.1, 0.15) is 62.3 Å². The highest BCUT2D eigenvalue weighted by Gasteiger charge is 2.32. The van der Waals surface area contributed by atoms with Gasteiger partial charge in [0.05, 0.1) is 16.3 Å². The predicted molar refractivity (Wildman–Crippen MR) is 161 cm³/mol. The number of halogens is 1. The van der Waals surface area contributed by atoms with E-state index in [0.717, 1.165) is 37.7 Å². The van der Waals surface area contributed by atoms with Crippen molar-refractivity contribution >= 4 is 42.8 Å². The summed E-state index contributed by atoms with van der Waals surface area (Å²) in [7, 11) is -7.58. The van der Waals surface area contributed by atoms with Crippen LogP contribution in [-0.2, 0) is 26.6 Å². The van der Waals surface area contributed by atoms with Crippen LogP contribution in [0.5, 0.6) is 0 Å². The largest absolute Gasteiger partial charge is 0.308 e. The van der Waals surface area contributed by atoms with Crippen molar-refractivity contribution in [2.45, 2.75) is 73.2 Å². The summed E-state index contributed by atoms with van der Waals surface area (Å²) in [5, 5.41) is 8.69. The molecule has 0 spiro atoms. The number of H-pyrrole nitrogens is 1.